The van der Waals surface area contributed by atoms with Gasteiger partial charge in [-0.1, -0.05) is 12.1 Å². The highest BCUT2D eigenvalue weighted by atomic mass is 16.5. The first-order valence-corrected chi connectivity index (χ1v) is 7.83. The summed E-state index contributed by atoms with van der Waals surface area (Å²) in [6, 6.07) is 11.5. The summed E-state index contributed by atoms with van der Waals surface area (Å²) in [5.74, 6) is 3.40. The molecule has 1 aromatic heterocycles. The summed E-state index contributed by atoms with van der Waals surface area (Å²) >= 11 is 0. The third-order valence-corrected chi connectivity index (χ3v) is 3.95. The number of nitrogens with zero attached hydrogens (tertiary/aromatic N) is 3. The molecule has 3 rings (SSSR count). The van der Waals surface area contributed by atoms with E-state index in [1.165, 1.54) is 0 Å². The Balaban J connectivity index is 2.32. The number of hydrogen-bond donors (Lipinski definition) is 0. The number of anilines is 1. The van der Waals surface area contributed by atoms with Crippen LogP contribution >= 0.6 is 0 Å². The number of rotatable bonds is 5. The molecular formula is C19H21N3O3. The van der Waals surface area contributed by atoms with E-state index in [1.54, 1.807) is 21.3 Å². The monoisotopic (exact) mass is 339 g/mol. The maximum atomic E-state index is 5.46. The van der Waals surface area contributed by atoms with Crippen LogP contribution in [0.3, 0.4) is 0 Å². The maximum absolute atomic E-state index is 5.46. The lowest BCUT2D eigenvalue weighted by Gasteiger charge is -2.18. The second-order valence-corrected chi connectivity index (χ2v) is 5.69. The average molecular weight is 339 g/mol. The smallest absolute Gasteiger partial charge is 0.165 e. The van der Waals surface area contributed by atoms with Crippen LogP contribution in [0.1, 0.15) is 0 Å². The molecule has 1 heterocycles. The molecule has 3 aromatic rings. The molecule has 0 atom stereocenters. The van der Waals surface area contributed by atoms with Crippen LogP contribution in [0, 0.1) is 0 Å². The van der Waals surface area contributed by atoms with E-state index in [4.69, 9.17) is 24.2 Å². The van der Waals surface area contributed by atoms with Crippen LogP contribution in [0.25, 0.3) is 22.3 Å². The van der Waals surface area contributed by atoms with Crippen molar-refractivity contribution in [3.05, 3.63) is 36.4 Å². The van der Waals surface area contributed by atoms with E-state index in [2.05, 4.69) is 0 Å². The van der Waals surface area contributed by atoms with Crippen LogP contribution in [-0.4, -0.2) is 45.4 Å². The molecule has 0 aliphatic carbocycles. The molecule has 0 bridgehead atoms. The Morgan fingerprint density at radius 1 is 0.800 bits per heavy atom. The van der Waals surface area contributed by atoms with Crippen LogP contribution in [-0.2, 0) is 0 Å². The Morgan fingerprint density at radius 2 is 1.44 bits per heavy atom. The lowest BCUT2D eigenvalue weighted by atomic mass is 10.1. The fraction of sp³-hybridized carbons (Fsp3) is 0.263. The number of hydrogen-bond acceptors (Lipinski definition) is 6. The van der Waals surface area contributed by atoms with Gasteiger partial charge in [0, 0.05) is 25.5 Å². The molecule has 0 N–H and O–H groups in total. The van der Waals surface area contributed by atoms with Gasteiger partial charge in [0.15, 0.2) is 17.3 Å². The Bertz CT molecular complexity index is 910. The van der Waals surface area contributed by atoms with Gasteiger partial charge in [-0.3, -0.25) is 0 Å². The summed E-state index contributed by atoms with van der Waals surface area (Å²) in [4.78, 5) is 11.4. The molecule has 6 nitrogen and oxygen atoms in total. The molecule has 130 valence electrons. The Kier molecular flexibility index (Phi) is 4.61. The normalized spacial score (nSPS) is 10.6. The summed E-state index contributed by atoms with van der Waals surface area (Å²) < 4.78 is 16.3. The molecule has 2 aromatic carbocycles. The van der Waals surface area contributed by atoms with Gasteiger partial charge >= 0.3 is 0 Å². The Morgan fingerprint density at radius 3 is 2.08 bits per heavy atom. The van der Waals surface area contributed by atoms with E-state index in [9.17, 15) is 0 Å². The van der Waals surface area contributed by atoms with Crippen molar-refractivity contribution in [1.82, 2.24) is 9.97 Å². The van der Waals surface area contributed by atoms with E-state index < -0.39 is 0 Å². The second kappa shape index (κ2) is 6.84. The van der Waals surface area contributed by atoms with E-state index in [0.717, 1.165) is 28.0 Å². The number of aromatic nitrogens is 2. The Labute approximate surface area is 147 Å². The molecule has 25 heavy (non-hydrogen) atoms. The molecule has 0 unspecified atom stereocenters. The molecule has 0 aliphatic heterocycles. The largest absolute Gasteiger partial charge is 0.496 e. The zero-order valence-corrected chi connectivity index (χ0v) is 15.0. The molecule has 0 amide bonds. The molecule has 0 saturated heterocycles. The van der Waals surface area contributed by atoms with E-state index >= 15 is 0 Å². The lowest BCUT2D eigenvalue weighted by molar-refractivity contribution is 0.356. The van der Waals surface area contributed by atoms with E-state index in [1.807, 2.05) is 55.4 Å². The van der Waals surface area contributed by atoms with Gasteiger partial charge in [-0.25, -0.2) is 9.97 Å². The predicted molar refractivity (Wildman–Crippen MR) is 99.0 cm³/mol. The summed E-state index contributed by atoms with van der Waals surface area (Å²) in [6.45, 7) is 0. The van der Waals surface area contributed by atoms with Gasteiger partial charge in [0.25, 0.3) is 0 Å². The van der Waals surface area contributed by atoms with Crippen LogP contribution in [0.5, 0.6) is 17.2 Å². The van der Waals surface area contributed by atoms with Crippen molar-refractivity contribution in [3.63, 3.8) is 0 Å². The van der Waals surface area contributed by atoms with Gasteiger partial charge in [-0.2, -0.15) is 0 Å². The summed E-state index contributed by atoms with van der Waals surface area (Å²) in [7, 11) is 8.76. The van der Waals surface area contributed by atoms with Crippen molar-refractivity contribution in [2.75, 3.05) is 40.3 Å². The average Bonchev–Trinajstić information content (AvgIpc) is 2.65. The first-order chi connectivity index (χ1) is 12.1. The van der Waals surface area contributed by atoms with Gasteiger partial charge in [-0.15, -0.1) is 0 Å². The van der Waals surface area contributed by atoms with Crippen molar-refractivity contribution in [1.29, 1.82) is 0 Å². The van der Waals surface area contributed by atoms with Crippen LogP contribution in [0.4, 0.5) is 5.82 Å². The Hall–Kier alpha value is -3.02. The number of para-hydroxylation sites is 1. The first-order valence-electron chi connectivity index (χ1n) is 7.83. The number of benzene rings is 2. The molecule has 0 spiro atoms. The minimum absolute atomic E-state index is 0.598. The molecule has 0 fully saturated rings. The van der Waals surface area contributed by atoms with Crippen LogP contribution in [0.15, 0.2) is 36.4 Å². The third-order valence-electron chi connectivity index (χ3n) is 3.95. The molecule has 6 heteroatoms. The highest BCUT2D eigenvalue weighted by Gasteiger charge is 2.16. The van der Waals surface area contributed by atoms with Gasteiger partial charge in [0.1, 0.15) is 11.6 Å². The number of fused-ring (bicyclic) bond motifs is 1. The van der Waals surface area contributed by atoms with Crippen molar-refractivity contribution in [2.45, 2.75) is 0 Å². The van der Waals surface area contributed by atoms with Crippen molar-refractivity contribution in [2.24, 2.45) is 0 Å². The number of ether oxygens (including phenoxy) is 3. The molecule has 0 radical (unpaired) electrons. The predicted octanol–water partition coefficient (Wildman–Crippen LogP) is 3.39. The van der Waals surface area contributed by atoms with Crippen LogP contribution < -0.4 is 19.1 Å². The van der Waals surface area contributed by atoms with Gasteiger partial charge < -0.3 is 19.1 Å². The topological polar surface area (TPSA) is 56.7 Å². The summed E-state index contributed by atoms with van der Waals surface area (Å²) in [5.41, 5.74) is 1.61. The minimum Gasteiger partial charge on any atom is -0.496 e. The molecule has 0 saturated carbocycles. The number of methoxy groups -OCH3 is 3. The second-order valence-electron chi connectivity index (χ2n) is 5.69. The zero-order valence-electron chi connectivity index (χ0n) is 15.0. The van der Waals surface area contributed by atoms with Crippen molar-refractivity contribution in [3.8, 4) is 28.6 Å². The highest BCUT2D eigenvalue weighted by Crippen LogP contribution is 2.37. The van der Waals surface area contributed by atoms with Crippen LogP contribution in [0.2, 0.25) is 0 Å². The standard InChI is InChI=1S/C19H21N3O3/c1-22(2)19-13-10-16(24-4)17(25-5)11-14(13)20-18(21-19)12-8-6-7-9-15(12)23-3/h6-11H,1-5H3. The summed E-state index contributed by atoms with van der Waals surface area (Å²) in [6.07, 6.45) is 0. The van der Waals surface area contributed by atoms with Crippen molar-refractivity contribution < 1.29 is 14.2 Å². The quantitative estimate of drug-likeness (QED) is 0.710. The maximum Gasteiger partial charge on any atom is 0.165 e. The minimum atomic E-state index is 0.598. The van der Waals surface area contributed by atoms with E-state index in [-0.39, 0.29) is 0 Å². The van der Waals surface area contributed by atoms with E-state index in [0.29, 0.717) is 17.3 Å². The highest BCUT2D eigenvalue weighted by molar-refractivity contribution is 5.93. The first kappa shape index (κ1) is 16.8. The van der Waals surface area contributed by atoms with Crippen molar-refractivity contribution >= 4 is 16.7 Å². The summed E-state index contributed by atoms with van der Waals surface area (Å²) in [5, 5.41) is 0.890. The zero-order chi connectivity index (χ0) is 18.0. The van der Waals surface area contributed by atoms with Gasteiger partial charge in [0.05, 0.1) is 32.4 Å². The molecule has 0 aliphatic rings. The van der Waals surface area contributed by atoms with Gasteiger partial charge in [0.2, 0.25) is 0 Å². The fourth-order valence-electron chi connectivity index (χ4n) is 2.73. The third kappa shape index (κ3) is 3.03. The fourth-order valence-corrected chi connectivity index (χ4v) is 2.73. The SMILES string of the molecule is COc1cc2nc(-c3ccccc3OC)nc(N(C)C)c2cc1OC. The lowest BCUT2D eigenvalue weighted by Crippen LogP contribution is -2.12. The molecular weight excluding hydrogens is 318 g/mol. The van der Waals surface area contributed by atoms with Gasteiger partial charge in [-0.05, 0) is 18.2 Å².